The number of carbonyl (C=O) groups is 1. The van der Waals surface area contributed by atoms with Crippen LogP contribution in [0.2, 0.25) is 0 Å². The van der Waals surface area contributed by atoms with Crippen molar-refractivity contribution >= 4 is 5.91 Å². The van der Waals surface area contributed by atoms with Gasteiger partial charge in [-0.05, 0) is 56.0 Å². The van der Waals surface area contributed by atoms with Gasteiger partial charge < -0.3 is 10.2 Å². The Morgan fingerprint density at radius 3 is 2.42 bits per heavy atom. The Kier molecular flexibility index (Phi) is 4.85. The fraction of sp³-hybridized carbons (Fsp3) is 0.611. The van der Waals surface area contributed by atoms with Gasteiger partial charge in [-0.3, -0.25) is 4.79 Å². The Morgan fingerprint density at radius 1 is 1.21 bits per heavy atom. The Bertz CT molecular complexity index is 581. The van der Waals surface area contributed by atoms with Crippen molar-refractivity contribution in [3.8, 4) is 0 Å². The fourth-order valence-electron chi connectivity index (χ4n) is 3.56. The van der Waals surface area contributed by atoms with E-state index in [0.717, 1.165) is 50.0 Å². The molecule has 2 unspecified atom stereocenters. The second-order valence-corrected chi connectivity index (χ2v) is 6.87. The molecule has 2 saturated heterocycles. The fourth-order valence-corrected chi connectivity index (χ4v) is 3.56. The summed E-state index contributed by atoms with van der Waals surface area (Å²) in [5.41, 5.74) is 0.156. The highest BCUT2D eigenvalue weighted by molar-refractivity contribution is 5.79. The molecule has 0 radical (unpaired) electrons. The van der Waals surface area contributed by atoms with Crippen LogP contribution in [-0.4, -0.2) is 30.4 Å². The molecule has 2 atom stereocenters. The largest absolute Gasteiger partial charge is 0.416 e. The predicted molar refractivity (Wildman–Crippen MR) is 85.3 cm³/mol. The summed E-state index contributed by atoms with van der Waals surface area (Å²) >= 11 is 0. The van der Waals surface area contributed by atoms with Gasteiger partial charge in [-0.1, -0.05) is 19.1 Å². The predicted octanol–water partition coefficient (Wildman–Crippen LogP) is 3.61. The highest BCUT2D eigenvalue weighted by Gasteiger charge is 2.36. The minimum Gasteiger partial charge on any atom is -0.335 e. The van der Waals surface area contributed by atoms with Gasteiger partial charge in [-0.15, -0.1) is 0 Å². The zero-order valence-electron chi connectivity index (χ0n) is 13.8. The van der Waals surface area contributed by atoms with Gasteiger partial charge in [-0.2, -0.15) is 13.2 Å². The molecule has 0 aliphatic carbocycles. The summed E-state index contributed by atoms with van der Waals surface area (Å²) in [7, 11) is 0. The number of rotatable bonds is 3. The van der Waals surface area contributed by atoms with Crippen molar-refractivity contribution < 1.29 is 18.0 Å². The van der Waals surface area contributed by atoms with Crippen molar-refractivity contribution in [2.24, 2.45) is 11.8 Å². The van der Waals surface area contributed by atoms with Gasteiger partial charge in [0.1, 0.15) is 0 Å². The van der Waals surface area contributed by atoms with E-state index in [9.17, 15) is 18.0 Å². The van der Waals surface area contributed by atoms with Gasteiger partial charge in [0, 0.05) is 12.5 Å². The second-order valence-electron chi connectivity index (χ2n) is 6.87. The maximum absolute atomic E-state index is 12.9. The zero-order valence-corrected chi connectivity index (χ0v) is 13.8. The van der Waals surface area contributed by atoms with E-state index in [-0.39, 0.29) is 17.9 Å². The number of likely N-dealkylation sites (tertiary alicyclic amines) is 1. The molecule has 1 aromatic carbocycles. The number of halogens is 3. The highest BCUT2D eigenvalue weighted by Crippen LogP contribution is 2.35. The minimum atomic E-state index is -4.33. The van der Waals surface area contributed by atoms with E-state index in [4.69, 9.17) is 0 Å². The quantitative estimate of drug-likeness (QED) is 0.912. The molecule has 24 heavy (non-hydrogen) atoms. The smallest absolute Gasteiger partial charge is 0.335 e. The van der Waals surface area contributed by atoms with Crippen LogP contribution in [-0.2, 0) is 11.0 Å². The summed E-state index contributed by atoms with van der Waals surface area (Å²) < 4.78 is 38.2. The molecule has 0 spiro atoms. The van der Waals surface area contributed by atoms with Crippen molar-refractivity contribution in [2.75, 3.05) is 19.6 Å². The van der Waals surface area contributed by atoms with Crippen molar-refractivity contribution in [2.45, 2.75) is 38.4 Å². The summed E-state index contributed by atoms with van der Waals surface area (Å²) in [6.45, 7) is 4.39. The van der Waals surface area contributed by atoms with Gasteiger partial charge in [0.15, 0.2) is 0 Å². The van der Waals surface area contributed by atoms with Crippen LogP contribution in [0.5, 0.6) is 0 Å². The van der Waals surface area contributed by atoms with E-state index >= 15 is 0 Å². The lowest BCUT2D eigenvalue weighted by molar-refractivity contribution is -0.141. The van der Waals surface area contributed by atoms with Gasteiger partial charge in [0.05, 0.1) is 11.6 Å². The molecule has 3 rings (SSSR count). The maximum atomic E-state index is 12.9. The van der Waals surface area contributed by atoms with Crippen molar-refractivity contribution in [3.63, 3.8) is 0 Å². The zero-order chi connectivity index (χ0) is 17.3. The van der Waals surface area contributed by atoms with E-state index in [1.807, 2.05) is 11.8 Å². The highest BCUT2D eigenvalue weighted by atomic mass is 19.4. The molecular formula is C18H23F3N2O. The van der Waals surface area contributed by atoms with E-state index in [1.54, 1.807) is 0 Å². The molecule has 2 fully saturated rings. The lowest BCUT2D eigenvalue weighted by Gasteiger charge is -2.41. The lowest BCUT2D eigenvalue weighted by Crippen LogP contribution is -2.51. The van der Waals surface area contributed by atoms with Crippen LogP contribution in [0.1, 0.15) is 43.4 Å². The first-order chi connectivity index (χ1) is 11.4. The van der Waals surface area contributed by atoms with Crippen LogP contribution >= 0.6 is 0 Å². The third kappa shape index (κ3) is 3.43. The lowest BCUT2D eigenvalue weighted by atomic mass is 9.86. The molecule has 0 aromatic heterocycles. The third-order valence-electron chi connectivity index (χ3n) is 5.32. The monoisotopic (exact) mass is 340 g/mol. The normalized spacial score (nSPS) is 23.7. The number of alkyl halides is 3. The van der Waals surface area contributed by atoms with E-state index in [1.165, 1.54) is 12.1 Å². The maximum Gasteiger partial charge on any atom is 0.416 e. The SMILES string of the molecule is CC(C(=O)N1CCCCC1c1ccc(C(F)(F)F)cc1)C1CNC1. The molecule has 0 bridgehead atoms. The molecule has 2 aliphatic rings. The summed E-state index contributed by atoms with van der Waals surface area (Å²) in [5.74, 6) is 0.458. The number of hydrogen-bond acceptors (Lipinski definition) is 2. The van der Waals surface area contributed by atoms with Crippen molar-refractivity contribution in [1.29, 1.82) is 0 Å². The van der Waals surface area contributed by atoms with Crippen LogP contribution in [0.25, 0.3) is 0 Å². The Labute approximate surface area is 140 Å². The number of carbonyl (C=O) groups excluding carboxylic acids is 1. The Balaban J connectivity index is 1.77. The number of hydrogen-bond donors (Lipinski definition) is 1. The van der Waals surface area contributed by atoms with Crippen LogP contribution in [0.3, 0.4) is 0 Å². The van der Waals surface area contributed by atoms with Crippen LogP contribution < -0.4 is 5.32 Å². The summed E-state index contributed by atoms with van der Waals surface area (Å²) in [4.78, 5) is 14.7. The van der Waals surface area contributed by atoms with E-state index in [2.05, 4.69) is 5.32 Å². The molecule has 132 valence electrons. The molecule has 0 saturated carbocycles. The molecule has 1 aromatic rings. The molecule has 3 nitrogen and oxygen atoms in total. The average Bonchev–Trinajstić information content (AvgIpc) is 2.52. The minimum absolute atomic E-state index is 0.0405. The van der Waals surface area contributed by atoms with Gasteiger partial charge in [0.25, 0.3) is 0 Å². The molecular weight excluding hydrogens is 317 g/mol. The first-order valence-corrected chi connectivity index (χ1v) is 8.56. The van der Waals surface area contributed by atoms with Gasteiger partial charge in [0.2, 0.25) is 5.91 Å². The third-order valence-corrected chi connectivity index (χ3v) is 5.32. The number of piperidine rings is 1. The standard InChI is InChI=1S/C18H23F3N2O/c1-12(14-10-22-11-14)17(24)23-9-3-2-4-16(23)13-5-7-15(8-6-13)18(19,20)21/h5-8,12,14,16,22H,2-4,9-11H2,1H3. The van der Waals surface area contributed by atoms with Crippen LogP contribution in [0.15, 0.2) is 24.3 Å². The first-order valence-electron chi connectivity index (χ1n) is 8.56. The van der Waals surface area contributed by atoms with E-state index in [0.29, 0.717) is 12.5 Å². The van der Waals surface area contributed by atoms with Crippen molar-refractivity contribution in [1.82, 2.24) is 10.2 Å². The van der Waals surface area contributed by atoms with Crippen LogP contribution in [0.4, 0.5) is 13.2 Å². The molecule has 1 amide bonds. The molecule has 1 N–H and O–H groups in total. The van der Waals surface area contributed by atoms with E-state index < -0.39 is 11.7 Å². The number of amides is 1. The number of nitrogens with zero attached hydrogens (tertiary/aromatic N) is 1. The average molecular weight is 340 g/mol. The second kappa shape index (κ2) is 6.75. The summed E-state index contributed by atoms with van der Waals surface area (Å²) in [6, 6.07) is 5.17. The number of nitrogens with one attached hydrogen (secondary N) is 1. The van der Waals surface area contributed by atoms with Gasteiger partial charge in [-0.25, -0.2) is 0 Å². The Morgan fingerprint density at radius 2 is 1.88 bits per heavy atom. The number of benzene rings is 1. The first kappa shape index (κ1) is 17.3. The van der Waals surface area contributed by atoms with Gasteiger partial charge >= 0.3 is 6.18 Å². The summed E-state index contributed by atoms with van der Waals surface area (Å²) in [5, 5.41) is 3.19. The molecule has 6 heteroatoms. The summed E-state index contributed by atoms with van der Waals surface area (Å²) in [6.07, 6.45) is -1.56. The molecule has 2 heterocycles. The van der Waals surface area contributed by atoms with Crippen molar-refractivity contribution in [3.05, 3.63) is 35.4 Å². The molecule has 2 aliphatic heterocycles. The van der Waals surface area contributed by atoms with Crippen LogP contribution in [0, 0.1) is 11.8 Å². The topological polar surface area (TPSA) is 32.3 Å². The Hall–Kier alpha value is -1.56.